The monoisotopic (exact) mass is 300 g/mol. The third-order valence-corrected chi connectivity index (χ3v) is 6.64. The minimum absolute atomic E-state index is 0.136. The summed E-state index contributed by atoms with van der Waals surface area (Å²) in [5.41, 5.74) is 0.975. The summed E-state index contributed by atoms with van der Waals surface area (Å²) in [5.74, 6) is 1.77. The van der Waals surface area contributed by atoms with Crippen molar-refractivity contribution in [3.05, 3.63) is 23.3 Å². The Bertz CT molecular complexity index is 697. The molecule has 2 saturated carbocycles. The lowest BCUT2D eigenvalue weighted by Gasteiger charge is -2.59. The lowest BCUT2D eigenvalue weighted by atomic mass is 9.46. The average Bonchev–Trinajstić information content (AvgIpc) is 2.85. The Morgan fingerprint density at radius 1 is 1.36 bits per heavy atom. The van der Waals surface area contributed by atoms with Crippen LogP contribution in [0.15, 0.2) is 12.1 Å². The number of hydrogen-bond donors (Lipinski definition) is 1. The number of carbonyl (C=O) groups excluding carboxylic acids is 1. The Balaban J connectivity index is 1.87. The number of benzene rings is 1. The van der Waals surface area contributed by atoms with Crippen LogP contribution in [-0.2, 0) is 16.6 Å². The summed E-state index contributed by atoms with van der Waals surface area (Å²) in [7, 11) is 1.63. The lowest BCUT2D eigenvalue weighted by Crippen LogP contribution is -2.69. The van der Waals surface area contributed by atoms with Gasteiger partial charge < -0.3 is 14.6 Å². The normalized spacial score (nSPS) is 40.9. The molecular formula is C18H20O4. The molecule has 1 unspecified atom stereocenters. The molecule has 2 bridgehead atoms. The Morgan fingerprint density at radius 2 is 2.23 bits per heavy atom. The van der Waals surface area contributed by atoms with E-state index in [9.17, 15) is 9.90 Å². The van der Waals surface area contributed by atoms with Crippen molar-refractivity contribution < 1.29 is 19.4 Å². The first-order valence-electron chi connectivity index (χ1n) is 8.24. The van der Waals surface area contributed by atoms with Crippen molar-refractivity contribution in [3.8, 4) is 11.5 Å². The van der Waals surface area contributed by atoms with E-state index < -0.39 is 17.1 Å². The number of ketones is 1. The summed E-state index contributed by atoms with van der Waals surface area (Å²) >= 11 is 0. The van der Waals surface area contributed by atoms with Gasteiger partial charge in [0.2, 0.25) is 0 Å². The van der Waals surface area contributed by atoms with E-state index in [1.54, 1.807) is 7.11 Å². The molecule has 3 aliphatic carbocycles. The number of methoxy groups -OCH3 is 1. The SMILES string of the molecule is COc1ccc2c3c1O[C@H]1C(=O)CCC4(O)[C@H](CCC[C@]314)C2. The third-order valence-electron chi connectivity index (χ3n) is 6.64. The van der Waals surface area contributed by atoms with Gasteiger partial charge in [-0.3, -0.25) is 4.79 Å². The Kier molecular flexibility index (Phi) is 2.27. The summed E-state index contributed by atoms with van der Waals surface area (Å²) in [6, 6.07) is 4.04. The second-order valence-corrected chi connectivity index (χ2v) is 7.28. The van der Waals surface area contributed by atoms with Crippen LogP contribution in [0.25, 0.3) is 0 Å². The van der Waals surface area contributed by atoms with Crippen LogP contribution in [0.3, 0.4) is 0 Å². The van der Waals surface area contributed by atoms with E-state index in [1.165, 1.54) is 5.56 Å². The number of Topliss-reactive ketones (excluding diaryl/α,β-unsaturated/α-hetero) is 1. The van der Waals surface area contributed by atoms with Crippen molar-refractivity contribution in [1.82, 2.24) is 0 Å². The van der Waals surface area contributed by atoms with Crippen molar-refractivity contribution in [2.75, 3.05) is 7.11 Å². The van der Waals surface area contributed by atoms with E-state index in [4.69, 9.17) is 9.47 Å². The number of ether oxygens (including phenoxy) is 2. The highest BCUT2D eigenvalue weighted by molar-refractivity contribution is 5.89. The molecule has 1 heterocycles. The minimum atomic E-state index is -0.797. The molecule has 22 heavy (non-hydrogen) atoms. The molecule has 0 radical (unpaired) electrons. The molecule has 1 aromatic carbocycles. The Morgan fingerprint density at radius 3 is 3.05 bits per heavy atom. The molecule has 116 valence electrons. The minimum Gasteiger partial charge on any atom is -0.493 e. The predicted molar refractivity (Wildman–Crippen MR) is 79.3 cm³/mol. The lowest BCUT2D eigenvalue weighted by molar-refractivity contribution is -0.177. The van der Waals surface area contributed by atoms with Crippen LogP contribution in [0, 0.1) is 5.92 Å². The van der Waals surface area contributed by atoms with Gasteiger partial charge in [-0.15, -0.1) is 0 Å². The van der Waals surface area contributed by atoms with Gasteiger partial charge in [-0.2, -0.15) is 0 Å². The molecule has 1 aliphatic heterocycles. The quantitative estimate of drug-likeness (QED) is 0.863. The first-order chi connectivity index (χ1) is 10.6. The smallest absolute Gasteiger partial charge is 0.174 e. The van der Waals surface area contributed by atoms with E-state index in [0.29, 0.717) is 24.3 Å². The zero-order chi connectivity index (χ0) is 15.1. The topological polar surface area (TPSA) is 55.8 Å². The van der Waals surface area contributed by atoms with E-state index >= 15 is 0 Å². The molecule has 4 heteroatoms. The molecule has 0 amide bonds. The van der Waals surface area contributed by atoms with Crippen LogP contribution in [0.2, 0.25) is 0 Å². The molecule has 4 atom stereocenters. The highest BCUT2D eigenvalue weighted by Gasteiger charge is 2.71. The number of hydrogen-bond acceptors (Lipinski definition) is 4. The van der Waals surface area contributed by atoms with Gasteiger partial charge in [0.15, 0.2) is 23.4 Å². The highest BCUT2D eigenvalue weighted by atomic mass is 16.5. The zero-order valence-electron chi connectivity index (χ0n) is 12.7. The number of aliphatic hydroxyl groups is 1. The van der Waals surface area contributed by atoms with Gasteiger partial charge in [-0.25, -0.2) is 0 Å². The maximum atomic E-state index is 12.6. The first-order valence-corrected chi connectivity index (χ1v) is 8.24. The Hall–Kier alpha value is -1.55. The molecule has 0 saturated heterocycles. The summed E-state index contributed by atoms with van der Waals surface area (Å²) < 4.78 is 11.6. The van der Waals surface area contributed by atoms with Gasteiger partial charge in [0, 0.05) is 12.0 Å². The number of rotatable bonds is 1. The van der Waals surface area contributed by atoms with Crippen molar-refractivity contribution in [3.63, 3.8) is 0 Å². The van der Waals surface area contributed by atoms with Crippen LogP contribution in [0.1, 0.15) is 43.2 Å². The summed E-state index contributed by atoms with van der Waals surface area (Å²) in [6.07, 6.45) is 4.28. The van der Waals surface area contributed by atoms with Crippen molar-refractivity contribution in [1.29, 1.82) is 0 Å². The van der Waals surface area contributed by atoms with Gasteiger partial charge >= 0.3 is 0 Å². The molecule has 4 nitrogen and oxygen atoms in total. The van der Waals surface area contributed by atoms with E-state index in [1.807, 2.05) is 6.07 Å². The Labute approximate surface area is 129 Å². The van der Waals surface area contributed by atoms with Crippen molar-refractivity contribution >= 4 is 5.78 Å². The molecular weight excluding hydrogens is 280 g/mol. The van der Waals surface area contributed by atoms with E-state index in [-0.39, 0.29) is 11.7 Å². The largest absolute Gasteiger partial charge is 0.493 e. The van der Waals surface area contributed by atoms with E-state index in [0.717, 1.165) is 31.2 Å². The average molecular weight is 300 g/mol. The van der Waals surface area contributed by atoms with Crippen molar-refractivity contribution in [2.45, 2.75) is 55.6 Å². The zero-order valence-corrected chi connectivity index (χ0v) is 12.7. The van der Waals surface area contributed by atoms with Gasteiger partial charge in [0.1, 0.15) is 0 Å². The van der Waals surface area contributed by atoms with Crippen LogP contribution in [0.4, 0.5) is 0 Å². The molecule has 2 fully saturated rings. The van der Waals surface area contributed by atoms with Gasteiger partial charge in [0.25, 0.3) is 0 Å². The van der Waals surface area contributed by atoms with Gasteiger partial charge in [0.05, 0.1) is 18.1 Å². The summed E-state index contributed by atoms with van der Waals surface area (Å²) in [5, 5.41) is 11.6. The summed E-state index contributed by atoms with van der Waals surface area (Å²) in [4.78, 5) is 12.6. The van der Waals surface area contributed by atoms with E-state index in [2.05, 4.69) is 6.07 Å². The van der Waals surface area contributed by atoms with Crippen LogP contribution in [0.5, 0.6) is 11.5 Å². The van der Waals surface area contributed by atoms with Gasteiger partial charge in [-0.1, -0.05) is 12.5 Å². The molecule has 5 rings (SSSR count). The second kappa shape index (κ2) is 3.85. The standard InChI is InChI=1S/C18H20O4/c1-21-13-5-4-10-9-11-3-2-7-17-14(10)15(13)22-16(17)12(19)6-8-18(11,17)20/h4-5,11,16,20H,2-3,6-9H2,1H3/t11-,16+,17+,18?/m1/s1. The maximum Gasteiger partial charge on any atom is 0.174 e. The van der Waals surface area contributed by atoms with Gasteiger partial charge in [-0.05, 0) is 43.2 Å². The molecule has 4 aliphatic rings. The maximum absolute atomic E-state index is 12.6. The van der Waals surface area contributed by atoms with Crippen LogP contribution < -0.4 is 9.47 Å². The molecule has 0 aromatic heterocycles. The first kappa shape index (κ1) is 12.9. The molecule has 1 aromatic rings. The molecule has 1 N–H and O–H groups in total. The summed E-state index contributed by atoms with van der Waals surface area (Å²) in [6.45, 7) is 0. The highest BCUT2D eigenvalue weighted by Crippen LogP contribution is 2.66. The van der Waals surface area contributed by atoms with Crippen LogP contribution >= 0.6 is 0 Å². The second-order valence-electron chi connectivity index (χ2n) is 7.28. The fourth-order valence-corrected chi connectivity index (χ4v) is 5.79. The number of carbonyl (C=O) groups is 1. The fourth-order valence-electron chi connectivity index (χ4n) is 5.79. The predicted octanol–water partition coefficient (Wildman–Crippen LogP) is 2.14. The third kappa shape index (κ3) is 1.16. The van der Waals surface area contributed by atoms with Crippen molar-refractivity contribution in [2.24, 2.45) is 5.92 Å². The fraction of sp³-hybridized carbons (Fsp3) is 0.611. The van der Waals surface area contributed by atoms with Crippen LogP contribution in [-0.4, -0.2) is 29.7 Å². The molecule has 1 spiro atoms.